The van der Waals surface area contributed by atoms with Crippen LogP contribution in [-0.4, -0.2) is 5.91 Å². The zero-order valence-corrected chi connectivity index (χ0v) is 14.2. The van der Waals surface area contributed by atoms with Crippen molar-refractivity contribution in [1.82, 2.24) is 5.32 Å². The van der Waals surface area contributed by atoms with E-state index in [1.165, 1.54) is 11.8 Å². The number of amides is 1. The number of nitriles is 1. The summed E-state index contributed by atoms with van der Waals surface area (Å²) in [5.74, 6) is -0.416. The Morgan fingerprint density at radius 3 is 2.38 bits per heavy atom. The molecule has 0 aromatic heterocycles. The van der Waals surface area contributed by atoms with Gasteiger partial charge in [0, 0.05) is 18.4 Å². The molecule has 4 nitrogen and oxygen atoms in total. The number of rotatable bonds is 5. The molecule has 0 unspecified atom stereocenters. The topological polar surface area (TPSA) is 64.9 Å². The predicted octanol–water partition coefficient (Wildman–Crippen LogP) is 3.75. The van der Waals surface area contributed by atoms with E-state index in [9.17, 15) is 10.1 Å². The summed E-state index contributed by atoms with van der Waals surface area (Å²) in [6.45, 7) is 6.51. The fraction of sp³-hybridized carbons (Fsp3) is 0.200. The number of carbonyl (C=O) groups is 1. The van der Waals surface area contributed by atoms with Crippen LogP contribution in [0.2, 0.25) is 0 Å². The second kappa shape index (κ2) is 7.98. The lowest BCUT2D eigenvalue weighted by Gasteiger charge is -2.09. The van der Waals surface area contributed by atoms with Gasteiger partial charge in [0.25, 0.3) is 5.91 Å². The summed E-state index contributed by atoms with van der Waals surface area (Å²) < 4.78 is 0. The van der Waals surface area contributed by atoms with Crippen molar-refractivity contribution in [1.29, 1.82) is 5.26 Å². The van der Waals surface area contributed by atoms with Gasteiger partial charge in [-0.15, -0.1) is 0 Å². The summed E-state index contributed by atoms with van der Waals surface area (Å²) in [5.41, 5.74) is 5.13. The van der Waals surface area contributed by atoms with Crippen molar-refractivity contribution in [3.8, 4) is 6.07 Å². The second-order valence-electron chi connectivity index (χ2n) is 5.81. The Morgan fingerprint density at radius 2 is 1.75 bits per heavy atom. The number of nitrogens with one attached hydrogen (secondary N) is 2. The van der Waals surface area contributed by atoms with Gasteiger partial charge in [-0.3, -0.25) is 4.79 Å². The van der Waals surface area contributed by atoms with Crippen LogP contribution in [-0.2, 0) is 11.3 Å². The van der Waals surface area contributed by atoms with Crippen LogP contribution in [0.4, 0.5) is 5.69 Å². The molecular weight excluding hydrogens is 298 g/mol. The Bertz CT molecular complexity index is 799. The third-order valence-electron chi connectivity index (χ3n) is 3.67. The molecule has 0 saturated carbocycles. The van der Waals surface area contributed by atoms with E-state index in [1.807, 2.05) is 69.3 Å². The van der Waals surface area contributed by atoms with E-state index in [4.69, 9.17) is 0 Å². The van der Waals surface area contributed by atoms with Gasteiger partial charge in [0.05, 0.1) is 0 Å². The molecule has 0 saturated heterocycles. The molecule has 122 valence electrons. The smallest absolute Gasteiger partial charge is 0.267 e. The van der Waals surface area contributed by atoms with Crippen LogP contribution in [0.3, 0.4) is 0 Å². The van der Waals surface area contributed by atoms with Crippen LogP contribution in [0.1, 0.15) is 22.3 Å². The third kappa shape index (κ3) is 4.72. The second-order valence-corrected chi connectivity index (χ2v) is 5.81. The molecule has 0 spiro atoms. The highest BCUT2D eigenvalue weighted by molar-refractivity contribution is 6.06. The van der Waals surface area contributed by atoms with Gasteiger partial charge >= 0.3 is 0 Å². The van der Waals surface area contributed by atoms with E-state index in [0.29, 0.717) is 12.2 Å². The summed E-state index contributed by atoms with van der Waals surface area (Å²) in [6, 6.07) is 15.8. The maximum absolute atomic E-state index is 12.2. The minimum atomic E-state index is -0.416. The highest BCUT2D eigenvalue weighted by atomic mass is 16.1. The molecular formula is C20H21N3O. The summed E-state index contributed by atoms with van der Waals surface area (Å²) in [6.07, 6.45) is 1.46. The molecule has 2 rings (SSSR count). The Morgan fingerprint density at radius 1 is 1.08 bits per heavy atom. The first-order chi connectivity index (χ1) is 11.5. The fourth-order valence-corrected chi connectivity index (χ4v) is 2.27. The van der Waals surface area contributed by atoms with Crippen molar-refractivity contribution in [2.75, 3.05) is 5.32 Å². The number of hydrogen-bond acceptors (Lipinski definition) is 3. The number of benzene rings is 2. The van der Waals surface area contributed by atoms with Crippen molar-refractivity contribution >= 4 is 11.6 Å². The number of carbonyl (C=O) groups excluding carboxylic acids is 1. The van der Waals surface area contributed by atoms with E-state index in [2.05, 4.69) is 10.6 Å². The van der Waals surface area contributed by atoms with Crippen molar-refractivity contribution in [3.05, 3.63) is 76.5 Å². The largest absolute Gasteiger partial charge is 0.386 e. The number of anilines is 1. The van der Waals surface area contributed by atoms with Crippen LogP contribution in [0, 0.1) is 32.1 Å². The maximum Gasteiger partial charge on any atom is 0.267 e. The number of aryl methyl sites for hydroxylation is 3. The molecule has 0 radical (unpaired) electrons. The lowest BCUT2D eigenvalue weighted by Crippen LogP contribution is -2.17. The summed E-state index contributed by atoms with van der Waals surface area (Å²) >= 11 is 0. The molecule has 2 N–H and O–H groups in total. The van der Waals surface area contributed by atoms with Gasteiger partial charge in [-0.05, 0) is 38.0 Å². The van der Waals surface area contributed by atoms with Crippen LogP contribution in [0.5, 0.6) is 0 Å². The number of nitrogens with zero attached hydrogens (tertiary/aromatic N) is 1. The lowest BCUT2D eigenvalue weighted by atomic mass is 10.1. The van der Waals surface area contributed by atoms with Crippen LogP contribution in [0.25, 0.3) is 0 Å². The first-order valence-corrected chi connectivity index (χ1v) is 7.77. The zero-order chi connectivity index (χ0) is 17.5. The van der Waals surface area contributed by atoms with Crippen molar-refractivity contribution in [2.24, 2.45) is 0 Å². The molecule has 0 fully saturated rings. The molecule has 2 aromatic carbocycles. The number of hydrogen-bond donors (Lipinski definition) is 2. The van der Waals surface area contributed by atoms with Crippen molar-refractivity contribution in [2.45, 2.75) is 27.3 Å². The summed E-state index contributed by atoms with van der Waals surface area (Å²) in [7, 11) is 0. The lowest BCUT2D eigenvalue weighted by molar-refractivity contribution is -0.112. The first-order valence-electron chi connectivity index (χ1n) is 7.77. The zero-order valence-electron chi connectivity index (χ0n) is 14.2. The average Bonchev–Trinajstić information content (AvgIpc) is 2.56. The highest BCUT2D eigenvalue weighted by Crippen LogP contribution is 2.16. The van der Waals surface area contributed by atoms with Crippen molar-refractivity contribution in [3.63, 3.8) is 0 Å². The van der Waals surface area contributed by atoms with E-state index in [1.54, 1.807) is 0 Å². The van der Waals surface area contributed by atoms with Crippen molar-refractivity contribution < 1.29 is 4.79 Å². The van der Waals surface area contributed by atoms with Gasteiger partial charge in [0.1, 0.15) is 11.6 Å². The Balaban J connectivity index is 2.00. The molecule has 1 amide bonds. The van der Waals surface area contributed by atoms with Gasteiger partial charge < -0.3 is 10.6 Å². The molecule has 0 aliphatic rings. The van der Waals surface area contributed by atoms with Crippen LogP contribution >= 0.6 is 0 Å². The van der Waals surface area contributed by atoms with Gasteiger partial charge in [-0.25, -0.2) is 0 Å². The minimum Gasteiger partial charge on any atom is -0.386 e. The quantitative estimate of drug-likeness (QED) is 0.651. The highest BCUT2D eigenvalue weighted by Gasteiger charge is 2.10. The molecule has 0 aliphatic carbocycles. The molecule has 0 heterocycles. The van der Waals surface area contributed by atoms with E-state index in [0.717, 1.165) is 16.7 Å². The third-order valence-corrected chi connectivity index (χ3v) is 3.67. The predicted molar refractivity (Wildman–Crippen MR) is 96.3 cm³/mol. The Kier molecular flexibility index (Phi) is 5.75. The van der Waals surface area contributed by atoms with Gasteiger partial charge in [0.15, 0.2) is 0 Å². The summed E-state index contributed by atoms with van der Waals surface area (Å²) in [5, 5.41) is 15.0. The first kappa shape index (κ1) is 17.3. The normalized spacial score (nSPS) is 10.8. The fourth-order valence-electron chi connectivity index (χ4n) is 2.27. The van der Waals surface area contributed by atoms with Crippen LogP contribution in [0.15, 0.2) is 54.2 Å². The van der Waals surface area contributed by atoms with Crippen LogP contribution < -0.4 is 10.6 Å². The molecule has 0 atom stereocenters. The molecule has 0 aliphatic heterocycles. The average molecular weight is 319 g/mol. The SMILES string of the molecule is Cc1ccc(CN/C=C(/C#N)C(=O)Nc2ccc(C)cc2C)cc1. The minimum absolute atomic E-state index is 0.0436. The van der Waals surface area contributed by atoms with Gasteiger partial charge in [-0.1, -0.05) is 47.5 Å². The Labute approximate surface area is 142 Å². The van der Waals surface area contributed by atoms with Gasteiger partial charge in [-0.2, -0.15) is 5.26 Å². The summed E-state index contributed by atoms with van der Waals surface area (Å²) in [4.78, 5) is 12.2. The van der Waals surface area contributed by atoms with E-state index in [-0.39, 0.29) is 5.57 Å². The van der Waals surface area contributed by atoms with E-state index < -0.39 is 5.91 Å². The Hall–Kier alpha value is -3.06. The van der Waals surface area contributed by atoms with Gasteiger partial charge in [0.2, 0.25) is 0 Å². The molecule has 0 bridgehead atoms. The standard InChI is InChI=1S/C20H21N3O/c1-14-4-7-17(8-5-14)12-22-13-18(11-21)20(24)23-19-9-6-15(2)10-16(19)3/h4-10,13,22H,12H2,1-3H3,(H,23,24)/b18-13-. The van der Waals surface area contributed by atoms with E-state index >= 15 is 0 Å². The molecule has 24 heavy (non-hydrogen) atoms. The monoisotopic (exact) mass is 319 g/mol. The molecule has 2 aromatic rings. The maximum atomic E-state index is 12.2. The molecule has 4 heteroatoms.